The summed E-state index contributed by atoms with van der Waals surface area (Å²) in [5.74, 6) is 1.17. The summed E-state index contributed by atoms with van der Waals surface area (Å²) in [5.41, 5.74) is 3.29. The zero-order valence-electron chi connectivity index (χ0n) is 20.8. The van der Waals surface area contributed by atoms with Crippen molar-refractivity contribution in [1.29, 1.82) is 5.26 Å². The van der Waals surface area contributed by atoms with Crippen LogP contribution in [0.1, 0.15) is 41.6 Å². The number of benzene rings is 2. The van der Waals surface area contributed by atoms with E-state index in [9.17, 15) is 4.79 Å². The molecule has 7 heteroatoms. The molecule has 2 fully saturated rings. The minimum atomic E-state index is -0.618. The van der Waals surface area contributed by atoms with Crippen molar-refractivity contribution < 1.29 is 9.53 Å². The van der Waals surface area contributed by atoms with E-state index in [2.05, 4.69) is 31.9 Å². The normalized spacial score (nSPS) is 21.8. The lowest BCUT2D eigenvalue weighted by Crippen LogP contribution is -2.55. The minimum Gasteiger partial charge on any atom is -0.496 e. The minimum absolute atomic E-state index is 0.146. The molecular weight excluding hydrogens is 450 g/mol. The summed E-state index contributed by atoms with van der Waals surface area (Å²) in [4.78, 5) is 20.9. The Bertz CT molecular complexity index is 1240. The molecule has 0 spiro atoms. The summed E-state index contributed by atoms with van der Waals surface area (Å²) in [7, 11) is 1.69. The van der Waals surface area contributed by atoms with Crippen LogP contribution in [0.5, 0.6) is 5.75 Å². The number of piperazine rings is 1. The molecule has 0 bridgehead atoms. The SMILES string of the molecule is COc1ccccc1C1(C(=O)N2CCNCC2)CCCC1Cc1cncn1Cc1ccc(C#N)cc1. The number of imidazole rings is 1. The number of methoxy groups -OCH3 is 1. The molecule has 1 aliphatic heterocycles. The Morgan fingerprint density at radius 3 is 2.72 bits per heavy atom. The van der Waals surface area contributed by atoms with Crippen LogP contribution in [0.25, 0.3) is 0 Å². The lowest BCUT2D eigenvalue weighted by atomic mass is 9.69. The third-order valence-corrected chi connectivity index (χ3v) is 7.88. The number of nitrogens with zero attached hydrogens (tertiary/aromatic N) is 4. The van der Waals surface area contributed by atoms with Crippen LogP contribution in [0.4, 0.5) is 0 Å². The highest BCUT2D eigenvalue weighted by molar-refractivity contribution is 5.90. The van der Waals surface area contributed by atoms with Gasteiger partial charge in [-0.2, -0.15) is 5.26 Å². The van der Waals surface area contributed by atoms with E-state index in [0.717, 1.165) is 74.4 Å². The van der Waals surface area contributed by atoms with Crippen LogP contribution in [-0.4, -0.2) is 53.6 Å². The maximum atomic E-state index is 14.4. The van der Waals surface area contributed by atoms with Gasteiger partial charge in [-0.15, -0.1) is 0 Å². The molecule has 1 amide bonds. The summed E-state index contributed by atoms with van der Waals surface area (Å²) < 4.78 is 7.97. The third-order valence-electron chi connectivity index (χ3n) is 7.88. The van der Waals surface area contributed by atoms with Crippen molar-refractivity contribution in [1.82, 2.24) is 19.8 Å². The van der Waals surface area contributed by atoms with Crippen molar-refractivity contribution in [3.8, 4) is 11.8 Å². The molecule has 2 atom stereocenters. The smallest absolute Gasteiger partial charge is 0.233 e. The van der Waals surface area contributed by atoms with Gasteiger partial charge in [-0.05, 0) is 48.9 Å². The van der Waals surface area contributed by atoms with Gasteiger partial charge in [0.05, 0.1) is 30.5 Å². The molecule has 3 aromatic rings. The van der Waals surface area contributed by atoms with Crippen molar-refractivity contribution in [3.63, 3.8) is 0 Å². The number of nitriles is 1. The number of carbonyl (C=O) groups excluding carboxylic acids is 1. The molecule has 0 radical (unpaired) electrons. The number of carbonyl (C=O) groups is 1. The van der Waals surface area contributed by atoms with Crippen molar-refractivity contribution >= 4 is 5.91 Å². The Kier molecular flexibility index (Phi) is 7.06. The molecule has 2 aromatic carbocycles. The van der Waals surface area contributed by atoms with Gasteiger partial charge in [-0.3, -0.25) is 4.79 Å². The van der Waals surface area contributed by atoms with Crippen LogP contribution >= 0.6 is 0 Å². The number of ether oxygens (including phenoxy) is 1. The third kappa shape index (κ3) is 4.49. The first-order valence-corrected chi connectivity index (χ1v) is 12.8. The van der Waals surface area contributed by atoms with Crippen molar-refractivity contribution in [2.45, 2.75) is 37.6 Å². The number of hydrogen-bond donors (Lipinski definition) is 1. The Morgan fingerprint density at radius 1 is 1.19 bits per heavy atom. The van der Waals surface area contributed by atoms with E-state index in [-0.39, 0.29) is 11.8 Å². The van der Waals surface area contributed by atoms with Crippen LogP contribution < -0.4 is 10.1 Å². The number of nitrogens with one attached hydrogen (secondary N) is 1. The van der Waals surface area contributed by atoms with Crippen LogP contribution in [-0.2, 0) is 23.2 Å². The molecule has 1 aliphatic carbocycles. The van der Waals surface area contributed by atoms with Gasteiger partial charge >= 0.3 is 0 Å². The second kappa shape index (κ2) is 10.5. The highest BCUT2D eigenvalue weighted by Crippen LogP contribution is 2.51. The predicted molar refractivity (Wildman–Crippen MR) is 138 cm³/mol. The number of aromatic nitrogens is 2. The van der Waals surface area contributed by atoms with E-state index < -0.39 is 5.41 Å². The standard InChI is InChI=1S/C29H33N5O2/c1-36-27-7-3-2-6-26(27)29(28(35)33-15-13-31-14-16-33)12-4-5-24(29)17-25-19-32-21-34(25)20-23-10-8-22(18-30)9-11-23/h2-3,6-11,19,21,24,31H,4-5,12-17,20H2,1H3. The summed E-state index contributed by atoms with van der Waals surface area (Å²) >= 11 is 0. The average molecular weight is 484 g/mol. The van der Waals surface area contributed by atoms with E-state index in [1.165, 1.54) is 0 Å². The van der Waals surface area contributed by atoms with E-state index in [1.54, 1.807) is 7.11 Å². The van der Waals surface area contributed by atoms with Gasteiger partial charge in [0.15, 0.2) is 0 Å². The summed E-state index contributed by atoms with van der Waals surface area (Å²) in [6.45, 7) is 3.81. The van der Waals surface area contributed by atoms with Gasteiger partial charge in [-0.25, -0.2) is 4.98 Å². The molecule has 2 heterocycles. The molecule has 36 heavy (non-hydrogen) atoms. The first kappa shape index (κ1) is 24.1. The Hall–Kier alpha value is -3.63. The van der Waals surface area contributed by atoms with Crippen molar-refractivity contribution in [2.75, 3.05) is 33.3 Å². The van der Waals surface area contributed by atoms with Gasteiger partial charge < -0.3 is 19.5 Å². The summed E-state index contributed by atoms with van der Waals surface area (Å²) in [5, 5.41) is 12.5. The molecule has 2 aliphatic rings. The maximum absolute atomic E-state index is 14.4. The lowest BCUT2D eigenvalue weighted by Gasteiger charge is -2.41. The van der Waals surface area contributed by atoms with Gasteiger partial charge in [0.1, 0.15) is 5.75 Å². The molecule has 1 N–H and O–H groups in total. The fourth-order valence-corrected chi connectivity index (χ4v) is 6.06. The van der Waals surface area contributed by atoms with E-state index >= 15 is 0 Å². The highest BCUT2D eigenvalue weighted by Gasteiger charge is 2.53. The van der Waals surface area contributed by atoms with E-state index in [4.69, 9.17) is 10.00 Å². The zero-order valence-corrected chi connectivity index (χ0v) is 20.8. The first-order chi connectivity index (χ1) is 17.7. The lowest BCUT2D eigenvalue weighted by molar-refractivity contribution is -0.139. The number of amides is 1. The summed E-state index contributed by atoms with van der Waals surface area (Å²) in [6.07, 6.45) is 7.38. The maximum Gasteiger partial charge on any atom is 0.233 e. The van der Waals surface area contributed by atoms with Crippen LogP contribution in [0, 0.1) is 17.2 Å². The average Bonchev–Trinajstić information content (AvgIpc) is 3.56. The van der Waals surface area contributed by atoms with Gasteiger partial charge in [0.25, 0.3) is 0 Å². The highest BCUT2D eigenvalue weighted by atomic mass is 16.5. The van der Waals surface area contributed by atoms with Crippen molar-refractivity contribution in [3.05, 3.63) is 83.4 Å². The summed E-state index contributed by atoms with van der Waals surface area (Å²) in [6, 6.07) is 17.9. The predicted octanol–water partition coefficient (Wildman–Crippen LogP) is 3.52. The number of rotatable bonds is 7. The van der Waals surface area contributed by atoms with Crippen LogP contribution in [0.2, 0.25) is 0 Å². The molecule has 1 saturated heterocycles. The monoisotopic (exact) mass is 483 g/mol. The molecule has 1 saturated carbocycles. The fraction of sp³-hybridized carbons (Fsp3) is 0.414. The Labute approximate surface area is 212 Å². The Balaban J connectivity index is 1.48. The van der Waals surface area contributed by atoms with E-state index in [1.807, 2.05) is 55.0 Å². The first-order valence-electron chi connectivity index (χ1n) is 12.8. The number of hydrogen-bond acceptors (Lipinski definition) is 5. The van der Waals surface area contributed by atoms with Crippen LogP contribution in [0.3, 0.4) is 0 Å². The van der Waals surface area contributed by atoms with Crippen molar-refractivity contribution in [2.24, 2.45) is 5.92 Å². The van der Waals surface area contributed by atoms with E-state index in [0.29, 0.717) is 12.1 Å². The van der Waals surface area contributed by atoms with Gasteiger partial charge in [0.2, 0.25) is 5.91 Å². The second-order valence-corrected chi connectivity index (χ2v) is 9.83. The molecule has 2 unspecified atom stereocenters. The van der Waals surface area contributed by atoms with Crippen LogP contribution in [0.15, 0.2) is 61.1 Å². The topological polar surface area (TPSA) is 83.2 Å². The second-order valence-electron chi connectivity index (χ2n) is 9.83. The Morgan fingerprint density at radius 2 is 1.97 bits per heavy atom. The molecule has 7 nitrogen and oxygen atoms in total. The molecular formula is C29H33N5O2. The quantitative estimate of drug-likeness (QED) is 0.556. The van der Waals surface area contributed by atoms with Gasteiger partial charge in [-0.1, -0.05) is 36.8 Å². The molecule has 1 aromatic heterocycles. The zero-order chi connectivity index (χ0) is 25.0. The molecule has 5 rings (SSSR count). The fourth-order valence-electron chi connectivity index (χ4n) is 6.06. The number of para-hydroxylation sites is 1. The largest absolute Gasteiger partial charge is 0.496 e. The van der Waals surface area contributed by atoms with Gasteiger partial charge in [0, 0.05) is 50.2 Å². The molecule has 186 valence electrons.